The maximum absolute atomic E-state index is 14.9. The second-order valence-electron chi connectivity index (χ2n) is 15.9. The van der Waals surface area contributed by atoms with E-state index in [1.165, 1.54) is 29.1 Å². The van der Waals surface area contributed by atoms with Crippen LogP contribution in [-0.2, 0) is 43.1 Å². The van der Waals surface area contributed by atoms with Crippen LogP contribution in [0.4, 0.5) is 5.69 Å². The number of carbonyl (C=O) groups excluding carboxylic acids is 3. The highest BCUT2D eigenvalue weighted by atomic mass is 35.5. The molecule has 1 unspecified atom stereocenters. The predicted molar refractivity (Wildman–Crippen MR) is 211 cm³/mol. The largest absolute Gasteiger partial charge is 0.490 e. The lowest BCUT2D eigenvalue weighted by molar-refractivity contribution is -0.152. The predicted octanol–water partition coefficient (Wildman–Crippen LogP) is 5.83. The second-order valence-corrected chi connectivity index (χ2v) is 18.3. The standard InChI is InChI=1S/C41H48ClN5O8S/c1-25-22-56(51,45-39(50)31-21-46(2)43-40(31)52-3)44-38(49)27-9-13-36-33(19-27)47(23-41(24-54-36)16-4-6-26-18-29(42)10-12-32(26)41)20-28-8-11-30(28)35-15-14-34(25)53-17-5-7-37(48)55-35/h9-10,12-15,18-19,21,25,28,30,34-35H,4-8,11,16-17,20,22-24H2,1-3H3,(H,44,45,49,50,51)/b15-14+/t25-,28+,30-,34-,35+,41+,56?/m1/s1. The van der Waals surface area contributed by atoms with E-state index in [0.29, 0.717) is 36.9 Å². The van der Waals surface area contributed by atoms with Crippen LogP contribution in [-0.4, -0.2) is 83.1 Å². The number of hydrogen-bond acceptors (Lipinski definition) is 10. The summed E-state index contributed by atoms with van der Waals surface area (Å²) in [4.78, 5) is 43.3. The van der Waals surface area contributed by atoms with Crippen molar-refractivity contribution in [2.24, 2.45) is 29.2 Å². The molecule has 1 aromatic heterocycles. The maximum atomic E-state index is 14.9. The summed E-state index contributed by atoms with van der Waals surface area (Å²) in [6, 6.07) is 11.3. The van der Waals surface area contributed by atoms with Crippen LogP contribution < -0.4 is 19.1 Å². The van der Waals surface area contributed by atoms with Crippen molar-refractivity contribution in [3.05, 3.63) is 82.0 Å². The zero-order valence-electron chi connectivity index (χ0n) is 31.9. The molecular weight excluding hydrogens is 758 g/mol. The summed E-state index contributed by atoms with van der Waals surface area (Å²) >= 11 is 6.48. The number of aryl methyl sites for hydroxylation is 2. The minimum absolute atomic E-state index is 0.0429. The molecule has 0 saturated heterocycles. The summed E-state index contributed by atoms with van der Waals surface area (Å²) in [7, 11) is -0.759. The van der Waals surface area contributed by atoms with Crippen LogP contribution in [0.5, 0.6) is 11.6 Å². The lowest BCUT2D eigenvalue weighted by Gasteiger charge is -2.46. The van der Waals surface area contributed by atoms with E-state index in [0.717, 1.165) is 37.8 Å². The third kappa shape index (κ3) is 7.67. The number of hydrogen-bond donors (Lipinski definition) is 1. The molecule has 15 heteroatoms. The van der Waals surface area contributed by atoms with Crippen molar-refractivity contribution in [3.63, 3.8) is 0 Å². The zero-order valence-corrected chi connectivity index (χ0v) is 33.5. The Balaban J connectivity index is 1.24. The number of ether oxygens (including phenoxy) is 4. The summed E-state index contributed by atoms with van der Waals surface area (Å²) in [5, 5.41) is 4.86. The van der Waals surface area contributed by atoms with E-state index in [1.54, 1.807) is 25.2 Å². The van der Waals surface area contributed by atoms with Crippen LogP contribution in [0.25, 0.3) is 0 Å². The Morgan fingerprint density at radius 2 is 1.93 bits per heavy atom. The van der Waals surface area contributed by atoms with Crippen LogP contribution in [0.3, 0.4) is 0 Å². The maximum Gasteiger partial charge on any atom is 0.306 e. The third-order valence-electron chi connectivity index (χ3n) is 12.0. The van der Waals surface area contributed by atoms with Crippen molar-refractivity contribution in [1.29, 1.82) is 0 Å². The number of aromatic nitrogens is 2. The summed E-state index contributed by atoms with van der Waals surface area (Å²) < 4.78 is 47.7. The summed E-state index contributed by atoms with van der Waals surface area (Å²) in [5.74, 6) is -1.52. The normalized spacial score (nSPS) is 31.0. The van der Waals surface area contributed by atoms with Gasteiger partial charge in [-0.3, -0.25) is 23.8 Å². The van der Waals surface area contributed by atoms with E-state index in [2.05, 4.69) is 31.2 Å². The molecule has 3 aromatic rings. The number of nitrogens with zero attached hydrogens (tertiary/aromatic N) is 4. The fourth-order valence-electron chi connectivity index (χ4n) is 9.04. The van der Waals surface area contributed by atoms with Crippen LogP contribution in [0.2, 0.25) is 5.02 Å². The lowest BCUT2D eigenvalue weighted by Crippen LogP contribution is -2.50. The van der Waals surface area contributed by atoms with E-state index >= 15 is 0 Å². The first-order valence-corrected chi connectivity index (χ1v) is 21.5. The van der Waals surface area contributed by atoms with E-state index in [4.69, 9.17) is 30.5 Å². The molecule has 13 nitrogen and oxygen atoms in total. The van der Waals surface area contributed by atoms with Crippen molar-refractivity contribution in [1.82, 2.24) is 14.5 Å². The van der Waals surface area contributed by atoms with Crippen molar-refractivity contribution in [2.45, 2.75) is 69.5 Å². The Morgan fingerprint density at radius 1 is 1.09 bits per heavy atom. The molecule has 5 aliphatic rings. The first kappa shape index (κ1) is 38.5. The Hall–Kier alpha value is -4.40. The van der Waals surface area contributed by atoms with Gasteiger partial charge in [0.2, 0.25) is 5.88 Å². The van der Waals surface area contributed by atoms with Gasteiger partial charge in [-0.05, 0) is 92.0 Å². The Kier molecular flexibility index (Phi) is 10.7. The highest BCUT2D eigenvalue weighted by Crippen LogP contribution is 2.47. The quantitative estimate of drug-likeness (QED) is 0.253. The Bertz CT molecular complexity index is 2200. The Labute approximate surface area is 332 Å². The number of halogens is 1. The van der Waals surface area contributed by atoms with Gasteiger partial charge in [0.05, 0.1) is 31.3 Å². The summed E-state index contributed by atoms with van der Waals surface area (Å²) in [6.07, 6.45) is 9.50. The number of carbonyl (C=O) groups is 3. The number of nitrogens with one attached hydrogen (secondary N) is 1. The monoisotopic (exact) mass is 805 g/mol. The molecule has 2 aromatic carbocycles. The van der Waals surface area contributed by atoms with E-state index < -0.39 is 39.9 Å². The molecule has 1 N–H and O–H groups in total. The number of fused-ring (bicyclic) bond motifs is 7. The van der Waals surface area contributed by atoms with Crippen molar-refractivity contribution < 1.29 is 37.5 Å². The van der Waals surface area contributed by atoms with E-state index in [1.807, 2.05) is 25.1 Å². The van der Waals surface area contributed by atoms with Crippen molar-refractivity contribution in [2.75, 3.05) is 44.1 Å². The molecule has 2 aliphatic carbocycles. The van der Waals surface area contributed by atoms with Gasteiger partial charge in [0.1, 0.15) is 27.3 Å². The molecule has 56 heavy (non-hydrogen) atoms. The van der Waals surface area contributed by atoms with E-state index in [-0.39, 0.29) is 59.0 Å². The Morgan fingerprint density at radius 3 is 2.73 bits per heavy atom. The first-order valence-electron chi connectivity index (χ1n) is 19.4. The topological polar surface area (TPSA) is 151 Å². The fraction of sp³-hybridized carbons (Fsp3) is 0.512. The smallest absolute Gasteiger partial charge is 0.306 e. The van der Waals surface area contributed by atoms with Crippen LogP contribution in [0.15, 0.2) is 59.1 Å². The SMILES string of the molecule is COc1nn(C)cc1C(=O)NS1(=O)=NC(=O)c2ccc3c(c2)N(C[C@@H]2CC[C@H]2[C@@H]2/C=C/[C@@H](OCCCC(=O)O2)[C@H](C)C1)C[C@@]1(CCCc2cc(Cl)ccc21)CO3. The van der Waals surface area contributed by atoms with Gasteiger partial charge >= 0.3 is 5.97 Å². The summed E-state index contributed by atoms with van der Waals surface area (Å²) in [5.41, 5.74) is 3.08. The van der Waals surface area contributed by atoms with E-state index in [9.17, 15) is 18.6 Å². The molecule has 3 aliphatic heterocycles. The molecule has 4 heterocycles. The molecule has 1 fully saturated rings. The van der Waals surface area contributed by atoms with Gasteiger partial charge in [0.25, 0.3) is 11.8 Å². The molecule has 1 saturated carbocycles. The van der Waals surface area contributed by atoms with Gasteiger partial charge in [-0.15, -0.1) is 9.46 Å². The second kappa shape index (κ2) is 15.5. The van der Waals surface area contributed by atoms with Crippen molar-refractivity contribution in [3.8, 4) is 11.6 Å². The van der Waals surface area contributed by atoms with Gasteiger partial charge < -0.3 is 23.8 Å². The molecule has 298 valence electrons. The minimum Gasteiger partial charge on any atom is -0.490 e. The van der Waals surface area contributed by atoms with Gasteiger partial charge in [-0.1, -0.05) is 30.7 Å². The highest BCUT2D eigenvalue weighted by Gasteiger charge is 2.45. The molecule has 8 rings (SSSR count). The highest BCUT2D eigenvalue weighted by molar-refractivity contribution is 7.92. The number of benzene rings is 2. The fourth-order valence-corrected chi connectivity index (χ4v) is 11.1. The van der Waals surface area contributed by atoms with Gasteiger partial charge in [-0.25, -0.2) is 4.21 Å². The number of anilines is 1. The zero-order chi connectivity index (χ0) is 39.2. The average Bonchev–Trinajstić information content (AvgIpc) is 3.47. The molecule has 2 amide bonds. The number of esters is 1. The minimum atomic E-state index is -3.78. The van der Waals surface area contributed by atoms with Gasteiger partial charge in [0.15, 0.2) is 0 Å². The lowest BCUT2D eigenvalue weighted by atomic mass is 9.68. The molecule has 7 atom stereocenters. The van der Waals surface area contributed by atoms with Crippen LogP contribution >= 0.6 is 11.6 Å². The first-order chi connectivity index (χ1) is 26.9. The molecule has 0 radical (unpaired) electrons. The van der Waals surface area contributed by atoms with Crippen molar-refractivity contribution >= 4 is 45.0 Å². The van der Waals surface area contributed by atoms with Gasteiger partial charge in [0, 0.05) is 67.2 Å². The molecular formula is C41H48ClN5O8S. The number of rotatable bonds is 3. The number of methoxy groups -OCH3 is 1. The van der Waals surface area contributed by atoms with Crippen LogP contribution in [0, 0.1) is 17.8 Å². The number of amides is 2. The average molecular weight is 806 g/mol. The van der Waals surface area contributed by atoms with Gasteiger partial charge in [-0.2, -0.15) is 0 Å². The summed E-state index contributed by atoms with van der Waals surface area (Å²) in [6.45, 7) is 3.82. The van der Waals surface area contributed by atoms with Crippen LogP contribution in [0.1, 0.15) is 77.3 Å². The molecule has 4 bridgehead atoms. The molecule has 1 spiro atoms. The third-order valence-corrected chi connectivity index (χ3v) is 14.2.